The van der Waals surface area contributed by atoms with E-state index in [2.05, 4.69) is 24.8 Å². The number of aliphatic hydroxyl groups is 1. The number of hydrogen-bond donors (Lipinski definition) is 5. The van der Waals surface area contributed by atoms with Crippen LogP contribution in [-0.2, 0) is 9.59 Å². The topological polar surface area (TPSA) is 147 Å². The van der Waals surface area contributed by atoms with Gasteiger partial charge in [0.05, 0.1) is 0 Å². The summed E-state index contributed by atoms with van der Waals surface area (Å²) >= 11 is 0. The van der Waals surface area contributed by atoms with Crippen molar-refractivity contribution in [3.63, 3.8) is 0 Å². The molecule has 0 fully saturated rings. The molecular weight excluding hydrogens is 276 g/mol. The van der Waals surface area contributed by atoms with Gasteiger partial charge in [-0.1, -0.05) is 30.9 Å². The van der Waals surface area contributed by atoms with Gasteiger partial charge in [-0.2, -0.15) is 0 Å². The lowest BCUT2D eigenvalue weighted by molar-refractivity contribution is -0.134. The predicted molar refractivity (Wildman–Crippen MR) is 80.0 cm³/mol. The van der Waals surface area contributed by atoms with Crippen LogP contribution in [-0.4, -0.2) is 33.4 Å². The number of carbonyl (C=O) groups is 2. The molecule has 0 aromatic heterocycles. The fourth-order valence-electron chi connectivity index (χ4n) is 1.20. The zero-order valence-electron chi connectivity index (χ0n) is 11.5. The van der Waals surface area contributed by atoms with E-state index in [-0.39, 0.29) is 0 Å². The number of nitrogens with two attached hydrogens (primary N) is 2. The highest BCUT2D eigenvalue weighted by Crippen LogP contribution is 2.19. The molecule has 0 spiro atoms. The smallest absolute Gasteiger partial charge is 0.328 e. The lowest BCUT2D eigenvalue weighted by atomic mass is 9.95. The van der Waals surface area contributed by atoms with E-state index < -0.39 is 18.0 Å². The highest BCUT2D eigenvalue weighted by Gasteiger charge is 2.12. The van der Waals surface area contributed by atoms with Crippen LogP contribution in [0.1, 0.15) is 6.42 Å². The largest absolute Gasteiger partial charge is 0.478 e. The molecule has 0 saturated heterocycles. The standard InChI is InChI=1S/C10H12O.C4H4O4.H4N2/c1-3-5-9-7-4-6-8(2)10(9)11;5-3(6)1-2-4(7)8;1-2/h3-4,6-7,10-11H,1-2,5H2;1-2H,(H,5,6)(H,7,8);1-2H2/b;2-1+;. The molecule has 116 valence electrons. The summed E-state index contributed by atoms with van der Waals surface area (Å²) in [5, 5.41) is 25.1. The van der Waals surface area contributed by atoms with Gasteiger partial charge in [0.25, 0.3) is 0 Å². The predicted octanol–water partition coefficient (Wildman–Crippen LogP) is 0.506. The number of allylic oxidation sites excluding steroid dienone is 3. The molecule has 7 N–H and O–H groups in total. The monoisotopic (exact) mass is 296 g/mol. The number of rotatable bonds is 4. The third kappa shape index (κ3) is 11.1. The van der Waals surface area contributed by atoms with E-state index in [0.29, 0.717) is 12.2 Å². The minimum absolute atomic E-state index is 0.502. The van der Waals surface area contributed by atoms with Crippen molar-refractivity contribution in [2.75, 3.05) is 0 Å². The Morgan fingerprint density at radius 2 is 1.71 bits per heavy atom. The van der Waals surface area contributed by atoms with E-state index in [1.165, 1.54) is 0 Å². The molecule has 1 aliphatic rings. The second kappa shape index (κ2) is 12.5. The van der Waals surface area contributed by atoms with Gasteiger partial charge in [-0.05, 0) is 17.6 Å². The average molecular weight is 296 g/mol. The summed E-state index contributed by atoms with van der Waals surface area (Å²) in [5.74, 6) is 5.49. The molecule has 0 radical (unpaired) electrons. The van der Waals surface area contributed by atoms with Gasteiger partial charge in [-0.15, -0.1) is 6.58 Å². The fraction of sp³-hybridized carbons (Fsp3) is 0.143. The molecule has 1 atom stereocenters. The lowest BCUT2D eigenvalue weighted by Gasteiger charge is -2.16. The summed E-state index contributed by atoms with van der Waals surface area (Å²) in [6.45, 7) is 7.32. The molecule has 1 unspecified atom stereocenters. The Morgan fingerprint density at radius 3 is 2.10 bits per heavy atom. The van der Waals surface area contributed by atoms with Gasteiger partial charge >= 0.3 is 11.9 Å². The zero-order valence-corrected chi connectivity index (χ0v) is 11.5. The van der Waals surface area contributed by atoms with Crippen molar-refractivity contribution in [2.24, 2.45) is 11.7 Å². The number of carboxylic acid groups (broad SMARTS) is 2. The molecule has 1 aliphatic carbocycles. The number of aliphatic hydroxyl groups excluding tert-OH is 1. The van der Waals surface area contributed by atoms with Crippen molar-refractivity contribution in [1.29, 1.82) is 0 Å². The van der Waals surface area contributed by atoms with Crippen LogP contribution in [0.5, 0.6) is 0 Å². The summed E-state index contributed by atoms with van der Waals surface area (Å²) in [7, 11) is 0. The van der Waals surface area contributed by atoms with Crippen molar-refractivity contribution < 1.29 is 24.9 Å². The molecule has 0 aromatic carbocycles. The first-order valence-electron chi connectivity index (χ1n) is 5.70. The van der Waals surface area contributed by atoms with Gasteiger partial charge in [-0.3, -0.25) is 11.7 Å². The molecule has 7 heteroatoms. The Kier molecular flexibility index (Phi) is 12.4. The maximum Gasteiger partial charge on any atom is 0.328 e. The summed E-state index contributed by atoms with van der Waals surface area (Å²) in [6.07, 6.45) is 8.74. The minimum Gasteiger partial charge on any atom is -0.478 e. The molecule has 7 nitrogen and oxygen atoms in total. The van der Waals surface area contributed by atoms with Crippen LogP contribution in [0.3, 0.4) is 0 Å². The Bertz CT molecular complexity index is 448. The quantitative estimate of drug-likeness (QED) is 0.220. The SMILES string of the molecule is C=CCC1=CC=CC(=C)C1O.NN.O=C(O)/C=C/C(=O)O. The fourth-order valence-corrected chi connectivity index (χ4v) is 1.20. The van der Waals surface area contributed by atoms with Crippen molar-refractivity contribution in [3.05, 3.63) is 60.8 Å². The third-order valence-electron chi connectivity index (χ3n) is 2.07. The summed E-state index contributed by atoms with van der Waals surface area (Å²) in [6, 6.07) is 0. The Hall–Kier alpha value is -2.48. The number of hydrogen-bond acceptors (Lipinski definition) is 5. The van der Waals surface area contributed by atoms with Crippen LogP contribution in [0.4, 0.5) is 0 Å². The molecule has 0 aromatic rings. The highest BCUT2D eigenvalue weighted by molar-refractivity contribution is 5.89. The Labute approximate surface area is 122 Å². The van der Waals surface area contributed by atoms with E-state index in [1.807, 2.05) is 18.2 Å². The van der Waals surface area contributed by atoms with Crippen molar-refractivity contribution >= 4 is 11.9 Å². The first kappa shape index (κ1) is 20.8. The second-order valence-electron chi connectivity index (χ2n) is 3.58. The van der Waals surface area contributed by atoms with Crippen LogP contribution in [0, 0.1) is 0 Å². The Morgan fingerprint density at radius 1 is 1.24 bits per heavy atom. The molecule has 0 saturated carbocycles. The molecule has 0 heterocycles. The van der Waals surface area contributed by atoms with E-state index in [9.17, 15) is 14.7 Å². The summed E-state index contributed by atoms with van der Waals surface area (Å²) < 4.78 is 0. The van der Waals surface area contributed by atoms with Crippen molar-refractivity contribution in [1.82, 2.24) is 0 Å². The second-order valence-corrected chi connectivity index (χ2v) is 3.58. The summed E-state index contributed by atoms with van der Waals surface area (Å²) in [4.78, 5) is 19.1. The van der Waals surface area contributed by atoms with Gasteiger partial charge in [0.15, 0.2) is 0 Å². The molecule has 0 amide bonds. The van der Waals surface area contributed by atoms with Gasteiger partial charge in [0.2, 0.25) is 0 Å². The van der Waals surface area contributed by atoms with E-state index >= 15 is 0 Å². The van der Waals surface area contributed by atoms with Gasteiger partial charge in [-0.25, -0.2) is 9.59 Å². The molecule has 0 aliphatic heterocycles. The summed E-state index contributed by atoms with van der Waals surface area (Å²) in [5.41, 5.74) is 1.72. The van der Waals surface area contributed by atoms with Gasteiger partial charge in [0.1, 0.15) is 6.10 Å². The Balaban J connectivity index is 0. The van der Waals surface area contributed by atoms with Crippen molar-refractivity contribution in [3.8, 4) is 0 Å². The molecule has 0 bridgehead atoms. The van der Waals surface area contributed by atoms with Crippen LogP contribution >= 0.6 is 0 Å². The van der Waals surface area contributed by atoms with Gasteiger partial charge < -0.3 is 15.3 Å². The molecule has 21 heavy (non-hydrogen) atoms. The molecular formula is C14H20N2O5. The van der Waals surface area contributed by atoms with Gasteiger partial charge in [0, 0.05) is 12.2 Å². The molecule has 1 rings (SSSR count). The van der Waals surface area contributed by atoms with E-state index in [0.717, 1.165) is 17.6 Å². The van der Waals surface area contributed by atoms with Crippen LogP contribution in [0.2, 0.25) is 0 Å². The minimum atomic E-state index is -1.26. The first-order valence-corrected chi connectivity index (χ1v) is 5.70. The maximum absolute atomic E-state index is 9.55. The number of aliphatic carboxylic acids is 2. The van der Waals surface area contributed by atoms with E-state index in [4.69, 9.17) is 10.2 Å². The van der Waals surface area contributed by atoms with Crippen LogP contribution < -0.4 is 11.7 Å². The lowest BCUT2D eigenvalue weighted by Crippen LogP contribution is -2.13. The first-order chi connectivity index (χ1) is 9.88. The van der Waals surface area contributed by atoms with E-state index in [1.54, 1.807) is 6.08 Å². The number of carboxylic acids is 2. The van der Waals surface area contributed by atoms with Crippen molar-refractivity contribution in [2.45, 2.75) is 12.5 Å². The number of hydrazine groups is 1. The normalized spacial score (nSPS) is 16.0. The maximum atomic E-state index is 9.55. The van der Waals surface area contributed by atoms with Crippen LogP contribution in [0.25, 0.3) is 0 Å². The van der Waals surface area contributed by atoms with Crippen LogP contribution in [0.15, 0.2) is 60.8 Å². The zero-order chi connectivity index (χ0) is 16.8. The highest BCUT2D eigenvalue weighted by atomic mass is 16.4. The average Bonchev–Trinajstić information content (AvgIpc) is 2.45. The third-order valence-corrected chi connectivity index (χ3v) is 2.07.